The van der Waals surface area contributed by atoms with Gasteiger partial charge in [0.1, 0.15) is 0 Å². The molecule has 1 unspecified atom stereocenters. The highest BCUT2D eigenvalue weighted by molar-refractivity contribution is 9.11. The molecule has 118 valence electrons. The fourth-order valence-corrected chi connectivity index (χ4v) is 5.91. The van der Waals surface area contributed by atoms with Gasteiger partial charge in [0.25, 0.3) is 0 Å². The molecule has 0 spiro atoms. The topological polar surface area (TPSA) is 67.3 Å². The van der Waals surface area contributed by atoms with Crippen molar-refractivity contribution in [2.24, 2.45) is 5.92 Å². The second kappa shape index (κ2) is 6.20. The van der Waals surface area contributed by atoms with Crippen LogP contribution in [0, 0.1) is 5.92 Å². The lowest BCUT2D eigenvalue weighted by Crippen LogP contribution is -2.25. The highest BCUT2D eigenvalue weighted by atomic mass is 79.9. The van der Waals surface area contributed by atoms with Crippen molar-refractivity contribution in [3.63, 3.8) is 0 Å². The molecular weight excluding hydrogens is 432 g/mol. The Morgan fingerprint density at radius 2 is 2.23 bits per heavy atom. The molecule has 1 aliphatic rings. The molecule has 0 radical (unpaired) electrons. The first-order chi connectivity index (χ1) is 10.3. The fraction of sp³-hybridized carbons (Fsp3) is 0.333. The normalized spacial score (nSPS) is 19.1. The zero-order chi connectivity index (χ0) is 15.9. The van der Waals surface area contributed by atoms with Crippen LogP contribution in [0.4, 0.5) is 5.13 Å². The molecule has 0 aliphatic carbocycles. The third-order valence-electron chi connectivity index (χ3n) is 3.19. The number of halogens is 2. The first-order valence-electron chi connectivity index (χ1n) is 6.26. The molecule has 2 aromatic rings. The van der Waals surface area contributed by atoms with E-state index in [0.717, 1.165) is 14.4 Å². The maximum atomic E-state index is 12.1. The summed E-state index contributed by atoms with van der Waals surface area (Å²) in [6.07, 6.45) is 0.186. The van der Waals surface area contributed by atoms with Gasteiger partial charge in [0, 0.05) is 34.9 Å². The van der Waals surface area contributed by atoms with Crippen LogP contribution in [0.5, 0.6) is 0 Å². The third-order valence-corrected chi connectivity index (χ3v) is 6.95. The number of hydrogen-bond donors (Lipinski definition) is 0. The largest absolute Gasteiger partial charge is 0.288 e. The Balaban J connectivity index is 1.77. The second-order valence-corrected chi connectivity index (χ2v) is 11.0. The van der Waals surface area contributed by atoms with E-state index in [9.17, 15) is 13.2 Å². The van der Waals surface area contributed by atoms with Gasteiger partial charge in [0.15, 0.2) is 5.13 Å². The second-order valence-electron chi connectivity index (χ2n) is 4.90. The summed E-state index contributed by atoms with van der Waals surface area (Å²) in [6.45, 7) is 0.339. The van der Waals surface area contributed by atoms with Crippen molar-refractivity contribution in [1.82, 2.24) is 4.98 Å². The molecule has 1 fully saturated rings. The smallest absolute Gasteiger partial charge is 0.232 e. The molecule has 2 aromatic heterocycles. The summed E-state index contributed by atoms with van der Waals surface area (Å²) in [4.78, 5) is 19.1. The van der Waals surface area contributed by atoms with Crippen molar-refractivity contribution in [3.05, 3.63) is 21.3 Å². The third kappa shape index (κ3) is 3.70. The first-order valence-corrected chi connectivity index (χ1v) is 11.2. The standard InChI is InChI=1S/C12H10BrClN2O3S3/c13-10-2-1-9(21-10)8-5-20-12(15-8)16-4-7(3-11(16)17)6-22(14,18)19/h1-2,5,7H,3-4,6H2. The van der Waals surface area contributed by atoms with Gasteiger partial charge in [-0.25, -0.2) is 13.4 Å². The summed E-state index contributed by atoms with van der Waals surface area (Å²) in [5.41, 5.74) is 0.817. The summed E-state index contributed by atoms with van der Waals surface area (Å²) in [6, 6.07) is 3.91. The van der Waals surface area contributed by atoms with Crippen LogP contribution in [0.15, 0.2) is 21.3 Å². The highest BCUT2D eigenvalue weighted by Gasteiger charge is 2.34. The molecule has 0 N–H and O–H groups in total. The van der Waals surface area contributed by atoms with Crippen LogP contribution >= 0.6 is 49.3 Å². The van der Waals surface area contributed by atoms with Gasteiger partial charge >= 0.3 is 0 Å². The van der Waals surface area contributed by atoms with Crippen molar-refractivity contribution < 1.29 is 13.2 Å². The summed E-state index contributed by atoms with van der Waals surface area (Å²) in [5.74, 6) is -0.579. The van der Waals surface area contributed by atoms with E-state index in [-0.39, 0.29) is 24.0 Å². The van der Waals surface area contributed by atoms with Gasteiger partial charge in [-0.1, -0.05) is 0 Å². The Hall–Kier alpha value is -0.480. The van der Waals surface area contributed by atoms with Crippen LogP contribution < -0.4 is 4.90 Å². The van der Waals surface area contributed by atoms with E-state index in [1.807, 2.05) is 17.5 Å². The molecule has 0 aromatic carbocycles. The van der Waals surface area contributed by atoms with Crippen molar-refractivity contribution in [1.29, 1.82) is 0 Å². The lowest BCUT2D eigenvalue weighted by atomic mass is 10.1. The summed E-state index contributed by atoms with van der Waals surface area (Å²) in [5, 5.41) is 2.49. The van der Waals surface area contributed by atoms with Gasteiger partial charge in [-0.3, -0.25) is 9.69 Å². The first kappa shape index (κ1) is 16.4. The number of amides is 1. The molecule has 1 saturated heterocycles. The zero-order valence-corrected chi connectivity index (χ0v) is 15.8. The molecule has 22 heavy (non-hydrogen) atoms. The van der Waals surface area contributed by atoms with E-state index in [4.69, 9.17) is 10.7 Å². The molecule has 1 aliphatic heterocycles. The monoisotopic (exact) mass is 440 g/mol. The minimum absolute atomic E-state index is 0.112. The summed E-state index contributed by atoms with van der Waals surface area (Å²) < 4.78 is 23.3. The van der Waals surface area contributed by atoms with E-state index in [1.54, 1.807) is 16.2 Å². The fourth-order valence-electron chi connectivity index (χ4n) is 2.31. The predicted molar refractivity (Wildman–Crippen MR) is 93.2 cm³/mol. The predicted octanol–water partition coefficient (Wildman–Crippen LogP) is 3.56. The SMILES string of the molecule is O=C1CC(CS(=O)(=O)Cl)CN1c1nc(-c2ccc(Br)s2)cs1. The Labute approximate surface area is 148 Å². The van der Waals surface area contributed by atoms with E-state index >= 15 is 0 Å². The molecule has 1 amide bonds. The van der Waals surface area contributed by atoms with Gasteiger partial charge in [0.05, 0.1) is 20.1 Å². The minimum Gasteiger partial charge on any atom is -0.288 e. The average molecular weight is 442 g/mol. The van der Waals surface area contributed by atoms with Crippen LogP contribution in [-0.4, -0.2) is 31.6 Å². The molecule has 3 heterocycles. The lowest BCUT2D eigenvalue weighted by Gasteiger charge is -2.12. The molecule has 1 atom stereocenters. The minimum atomic E-state index is -3.60. The number of carbonyl (C=O) groups is 1. The number of rotatable bonds is 4. The van der Waals surface area contributed by atoms with Crippen molar-refractivity contribution >= 4 is 69.4 Å². The Morgan fingerprint density at radius 3 is 2.86 bits per heavy atom. The maximum absolute atomic E-state index is 12.1. The Bertz CT molecular complexity index is 817. The summed E-state index contributed by atoms with van der Waals surface area (Å²) in [7, 11) is 1.67. The number of aromatic nitrogens is 1. The van der Waals surface area contributed by atoms with Gasteiger partial charge in [-0.05, 0) is 28.1 Å². The van der Waals surface area contributed by atoms with Crippen LogP contribution in [0.1, 0.15) is 6.42 Å². The van der Waals surface area contributed by atoms with Crippen molar-refractivity contribution in [3.8, 4) is 10.6 Å². The number of hydrogen-bond acceptors (Lipinski definition) is 6. The van der Waals surface area contributed by atoms with Crippen LogP contribution in [0.2, 0.25) is 0 Å². The van der Waals surface area contributed by atoms with E-state index < -0.39 is 9.05 Å². The van der Waals surface area contributed by atoms with Crippen molar-refractivity contribution in [2.75, 3.05) is 17.2 Å². The molecule has 5 nitrogen and oxygen atoms in total. The van der Waals surface area contributed by atoms with Gasteiger partial charge in [-0.15, -0.1) is 22.7 Å². The number of thiophene rings is 1. The quantitative estimate of drug-likeness (QED) is 0.680. The molecule has 0 bridgehead atoms. The highest BCUT2D eigenvalue weighted by Crippen LogP contribution is 2.35. The zero-order valence-electron chi connectivity index (χ0n) is 11.0. The summed E-state index contributed by atoms with van der Waals surface area (Å²) >= 11 is 6.35. The molecule has 0 saturated carbocycles. The Morgan fingerprint density at radius 1 is 1.45 bits per heavy atom. The van der Waals surface area contributed by atoms with E-state index in [2.05, 4.69) is 20.9 Å². The average Bonchev–Trinajstić information content (AvgIpc) is 3.07. The van der Waals surface area contributed by atoms with Crippen molar-refractivity contribution in [2.45, 2.75) is 6.42 Å². The Kier molecular flexibility index (Phi) is 4.61. The maximum Gasteiger partial charge on any atom is 0.232 e. The number of anilines is 1. The molecular formula is C12H10BrClN2O3S3. The van der Waals surface area contributed by atoms with Crippen LogP contribution in [-0.2, 0) is 13.8 Å². The van der Waals surface area contributed by atoms with Crippen LogP contribution in [0.25, 0.3) is 10.6 Å². The van der Waals surface area contributed by atoms with Gasteiger partial charge in [-0.2, -0.15) is 0 Å². The van der Waals surface area contributed by atoms with E-state index in [1.165, 1.54) is 11.3 Å². The van der Waals surface area contributed by atoms with E-state index in [0.29, 0.717) is 11.7 Å². The van der Waals surface area contributed by atoms with Gasteiger partial charge < -0.3 is 0 Å². The molecule has 10 heteroatoms. The number of nitrogens with zero attached hydrogens (tertiary/aromatic N) is 2. The molecule has 3 rings (SSSR count). The van der Waals surface area contributed by atoms with Gasteiger partial charge in [0.2, 0.25) is 15.0 Å². The lowest BCUT2D eigenvalue weighted by molar-refractivity contribution is -0.117. The van der Waals surface area contributed by atoms with Crippen LogP contribution in [0.3, 0.4) is 0 Å². The number of carbonyl (C=O) groups excluding carboxylic acids is 1. The number of thiazole rings is 1.